The fraction of sp³-hybridized carbons (Fsp3) is 0.786. The van der Waals surface area contributed by atoms with E-state index in [0.717, 1.165) is 38.8 Å². The topological polar surface area (TPSA) is 75.4 Å². The van der Waals surface area contributed by atoms with Crippen molar-refractivity contribution in [3.05, 3.63) is 11.5 Å². The minimum absolute atomic E-state index is 0.158. The Morgan fingerprint density at radius 2 is 2.10 bits per heavy atom. The normalized spacial score (nSPS) is 23.7. The van der Waals surface area contributed by atoms with Gasteiger partial charge < -0.3 is 9.84 Å². The van der Waals surface area contributed by atoms with Crippen LogP contribution in [-0.4, -0.2) is 43.6 Å². The average molecular weight is 313 g/mol. The standard InChI is InChI=1S/C14H23N3O3S/c1-10-14(11(2)20-16-10)21(18,19)17(13-5-6-13)9-12-4-3-7-15-8-12/h12-13,15H,3-9H2,1-2H3. The van der Waals surface area contributed by atoms with Gasteiger partial charge in [0.1, 0.15) is 10.6 Å². The van der Waals surface area contributed by atoms with Crippen molar-refractivity contribution in [3.8, 4) is 0 Å². The van der Waals surface area contributed by atoms with Crippen molar-refractivity contribution in [2.45, 2.75) is 50.5 Å². The van der Waals surface area contributed by atoms with Crippen LogP contribution in [0.5, 0.6) is 0 Å². The van der Waals surface area contributed by atoms with E-state index in [0.29, 0.717) is 23.9 Å². The van der Waals surface area contributed by atoms with Crippen LogP contribution in [0.4, 0.5) is 0 Å². The van der Waals surface area contributed by atoms with Gasteiger partial charge in [-0.2, -0.15) is 4.31 Å². The van der Waals surface area contributed by atoms with Gasteiger partial charge in [-0.3, -0.25) is 0 Å². The maximum atomic E-state index is 13.0. The highest BCUT2D eigenvalue weighted by Crippen LogP contribution is 2.35. The maximum absolute atomic E-state index is 13.0. The minimum atomic E-state index is -3.51. The lowest BCUT2D eigenvalue weighted by Crippen LogP contribution is -2.42. The summed E-state index contributed by atoms with van der Waals surface area (Å²) >= 11 is 0. The molecule has 2 aliphatic rings. The number of hydrogen-bond acceptors (Lipinski definition) is 5. The molecule has 0 amide bonds. The molecule has 1 aliphatic carbocycles. The molecule has 7 heteroatoms. The van der Waals surface area contributed by atoms with Gasteiger partial charge in [0.25, 0.3) is 0 Å². The van der Waals surface area contributed by atoms with Crippen LogP contribution in [0.1, 0.15) is 37.1 Å². The summed E-state index contributed by atoms with van der Waals surface area (Å²) in [7, 11) is -3.51. The largest absolute Gasteiger partial charge is 0.360 e. The molecule has 1 N–H and O–H groups in total. The molecule has 1 atom stereocenters. The monoisotopic (exact) mass is 313 g/mol. The van der Waals surface area contributed by atoms with E-state index in [-0.39, 0.29) is 10.9 Å². The van der Waals surface area contributed by atoms with Crippen LogP contribution in [0.25, 0.3) is 0 Å². The molecular weight excluding hydrogens is 290 g/mol. The van der Waals surface area contributed by atoms with Crippen LogP contribution in [0.15, 0.2) is 9.42 Å². The summed E-state index contributed by atoms with van der Waals surface area (Å²) in [6.45, 7) is 5.90. The van der Waals surface area contributed by atoms with E-state index in [4.69, 9.17) is 4.52 Å². The predicted octanol–water partition coefficient (Wildman–Crippen LogP) is 1.44. The zero-order valence-corrected chi connectivity index (χ0v) is 13.4. The molecule has 118 valence electrons. The van der Waals surface area contributed by atoms with Crippen molar-refractivity contribution < 1.29 is 12.9 Å². The summed E-state index contributed by atoms with van der Waals surface area (Å²) in [6, 6.07) is 0.158. The Hall–Kier alpha value is -0.920. The number of rotatable bonds is 5. The van der Waals surface area contributed by atoms with Gasteiger partial charge in [0, 0.05) is 12.6 Å². The highest BCUT2D eigenvalue weighted by atomic mass is 32.2. The minimum Gasteiger partial charge on any atom is -0.360 e. The summed E-state index contributed by atoms with van der Waals surface area (Å²) in [5, 5.41) is 7.15. The summed E-state index contributed by atoms with van der Waals surface area (Å²) in [5.41, 5.74) is 0.458. The fourth-order valence-electron chi connectivity index (χ4n) is 3.10. The number of aromatic nitrogens is 1. The van der Waals surface area contributed by atoms with Gasteiger partial charge in [-0.05, 0) is 58.5 Å². The zero-order valence-electron chi connectivity index (χ0n) is 12.6. The van der Waals surface area contributed by atoms with E-state index in [1.54, 1.807) is 18.2 Å². The number of sulfonamides is 1. The third-order valence-electron chi connectivity index (χ3n) is 4.33. The molecule has 1 aromatic rings. The molecule has 3 rings (SSSR count). The predicted molar refractivity (Wildman–Crippen MR) is 78.5 cm³/mol. The molecule has 21 heavy (non-hydrogen) atoms. The number of hydrogen-bond donors (Lipinski definition) is 1. The lowest BCUT2D eigenvalue weighted by Gasteiger charge is -2.29. The molecule has 1 aliphatic heterocycles. The second-order valence-corrected chi connectivity index (χ2v) is 8.00. The van der Waals surface area contributed by atoms with Crippen LogP contribution in [0.3, 0.4) is 0 Å². The average Bonchev–Trinajstić information content (AvgIpc) is 3.22. The molecular formula is C14H23N3O3S. The first kappa shape index (κ1) is 15.0. The van der Waals surface area contributed by atoms with Crippen molar-refractivity contribution in [3.63, 3.8) is 0 Å². The van der Waals surface area contributed by atoms with Gasteiger partial charge in [-0.15, -0.1) is 0 Å². The Morgan fingerprint density at radius 1 is 1.33 bits per heavy atom. The van der Waals surface area contributed by atoms with Gasteiger partial charge in [0.15, 0.2) is 5.76 Å². The van der Waals surface area contributed by atoms with Gasteiger partial charge in [0.05, 0.1) is 0 Å². The van der Waals surface area contributed by atoms with E-state index in [9.17, 15) is 8.42 Å². The third kappa shape index (κ3) is 3.00. The second kappa shape index (κ2) is 5.70. The molecule has 6 nitrogen and oxygen atoms in total. The van der Waals surface area contributed by atoms with Crippen LogP contribution in [-0.2, 0) is 10.0 Å². The van der Waals surface area contributed by atoms with E-state index in [1.165, 1.54) is 0 Å². The van der Waals surface area contributed by atoms with E-state index in [2.05, 4.69) is 10.5 Å². The number of aryl methyl sites for hydroxylation is 2. The van der Waals surface area contributed by atoms with E-state index < -0.39 is 10.0 Å². The Bertz CT molecular complexity index is 581. The summed E-state index contributed by atoms with van der Waals surface area (Å²) < 4.78 is 32.7. The molecule has 0 aromatic carbocycles. The summed E-state index contributed by atoms with van der Waals surface area (Å²) in [5.74, 6) is 0.787. The van der Waals surface area contributed by atoms with Gasteiger partial charge in [-0.1, -0.05) is 5.16 Å². The van der Waals surface area contributed by atoms with Crippen molar-refractivity contribution in [1.29, 1.82) is 0 Å². The molecule has 1 saturated heterocycles. The first-order valence-corrected chi connectivity index (χ1v) is 9.09. The zero-order chi connectivity index (χ0) is 15.0. The number of nitrogens with one attached hydrogen (secondary N) is 1. The van der Waals surface area contributed by atoms with Gasteiger partial charge in [-0.25, -0.2) is 8.42 Å². The lowest BCUT2D eigenvalue weighted by molar-refractivity contribution is 0.286. The highest BCUT2D eigenvalue weighted by Gasteiger charge is 2.41. The second-order valence-electron chi connectivity index (χ2n) is 6.17. The van der Waals surface area contributed by atoms with Crippen molar-refractivity contribution in [1.82, 2.24) is 14.8 Å². The lowest BCUT2D eigenvalue weighted by atomic mass is 10.00. The van der Waals surface area contributed by atoms with Crippen molar-refractivity contribution >= 4 is 10.0 Å². The first-order valence-electron chi connectivity index (χ1n) is 7.65. The molecule has 0 radical (unpaired) electrons. The van der Waals surface area contributed by atoms with Gasteiger partial charge in [0.2, 0.25) is 10.0 Å². The quantitative estimate of drug-likeness (QED) is 0.890. The van der Waals surface area contributed by atoms with E-state index in [1.807, 2.05) is 0 Å². The molecule has 0 spiro atoms. The number of nitrogens with zero attached hydrogens (tertiary/aromatic N) is 2. The Morgan fingerprint density at radius 3 is 2.62 bits per heavy atom. The molecule has 1 aromatic heterocycles. The van der Waals surface area contributed by atoms with Crippen LogP contribution < -0.4 is 5.32 Å². The Kier molecular flexibility index (Phi) is 4.07. The van der Waals surface area contributed by atoms with Crippen LogP contribution in [0, 0.1) is 19.8 Å². The Balaban J connectivity index is 1.86. The van der Waals surface area contributed by atoms with Crippen molar-refractivity contribution in [2.24, 2.45) is 5.92 Å². The first-order chi connectivity index (χ1) is 10.00. The summed E-state index contributed by atoms with van der Waals surface area (Å²) in [6.07, 6.45) is 4.13. The van der Waals surface area contributed by atoms with E-state index >= 15 is 0 Å². The number of piperidine rings is 1. The van der Waals surface area contributed by atoms with Gasteiger partial charge >= 0.3 is 0 Å². The SMILES string of the molecule is Cc1noc(C)c1S(=O)(=O)N(CC1CCCNC1)C1CC1. The smallest absolute Gasteiger partial charge is 0.248 e. The molecule has 0 bridgehead atoms. The Labute approximate surface area is 125 Å². The maximum Gasteiger partial charge on any atom is 0.248 e. The summed E-state index contributed by atoms with van der Waals surface area (Å²) in [4.78, 5) is 0.262. The molecule has 2 heterocycles. The third-order valence-corrected chi connectivity index (χ3v) is 6.49. The highest BCUT2D eigenvalue weighted by molar-refractivity contribution is 7.89. The van der Waals surface area contributed by atoms with Crippen LogP contribution in [0.2, 0.25) is 0 Å². The fourth-order valence-corrected chi connectivity index (χ4v) is 5.16. The molecule has 1 unspecified atom stereocenters. The molecule has 1 saturated carbocycles. The molecule has 2 fully saturated rings. The van der Waals surface area contributed by atoms with Crippen molar-refractivity contribution in [2.75, 3.05) is 19.6 Å². The van der Waals surface area contributed by atoms with Crippen LogP contribution >= 0.6 is 0 Å².